The van der Waals surface area contributed by atoms with Gasteiger partial charge in [0.2, 0.25) is 0 Å². The lowest BCUT2D eigenvalue weighted by Gasteiger charge is -2.30. The number of halogens is 1. The van der Waals surface area contributed by atoms with Gasteiger partial charge in [-0.2, -0.15) is 0 Å². The van der Waals surface area contributed by atoms with Crippen LogP contribution >= 0.6 is 22.6 Å². The fourth-order valence-electron chi connectivity index (χ4n) is 1.27. The van der Waals surface area contributed by atoms with Crippen molar-refractivity contribution in [3.8, 4) is 0 Å². The number of hydrogen-bond acceptors (Lipinski definition) is 3. The maximum Gasteiger partial charge on any atom is 0.179 e. The molecule has 1 fully saturated rings. The van der Waals surface area contributed by atoms with Crippen LogP contribution in [0.15, 0.2) is 4.99 Å². The number of nitrogens with zero attached hydrogens (tertiary/aromatic N) is 2. The van der Waals surface area contributed by atoms with Crippen LogP contribution < -0.4 is 5.84 Å². The molecule has 0 spiro atoms. The third-order valence-electron chi connectivity index (χ3n) is 1.97. The average molecular weight is 297 g/mol. The number of aliphatic imine (C=N–C) groups is 1. The molecule has 0 aromatic rings. The molecule has 5 heteroatoms. The molecule has 4 nitrogen and oxygen atoms in total. The zero-order valence-corrected chi connectivity index (χ0v) is 10.0. The van der Waals surface area contributed by atoms with Gasteiger partial charge in [-0.1, -0.05) is 0 Å². The van der Waals surface area contributed by atoms with Gasteiger partial charge in [-0.15, -0.1) is 0 Å². The zero-order chi connectivity index (χ0) is 9.68. The second-order valence-corrected chi connectivity index (χ2v) is 3.94. The Morgan fingerprint density at radius 3 is 3.00 bits per heavy atom. The van der Waals surface area contributed by atoms with Crippen molar-refractivity contribution in [2.45, 2.75) is 32.4 Å². The highest BCUT2D eigenvalue weighted by Gasteiger charge is 2.20. The van der Waals surface area contributed by atoms with Crippen LogP contribution in [0.5, 0.6) is 0 Å². The maximum atomic E-state index is 5.85. The predicted octanol–water partition coefficient (Wildman–Crippen LogP) is 1.50. The minimum Gasteiger partial charge on any atom is -0.357 e. The predicted molar refractivity (Wildman–Crippen MR) is 61.6 cm³/mol. The first kappa shape index (κ1) is 11.2. The van der Waals surface area contributed by atoms with Gasteiger partial charge < -0.3 is 4.74 Å². The molecule has 0 aromatic carbocycles. The van der Waals surface area contributed by atoms with Crippen LogP contribution in [0.25, 0.3) is 0 Å². The summed E-state index contributed by atoms with van der Waals surface area (Å²) in [6, 6.07) is 0. The van der Waals surface area contributed by atoms with Gasteiger partial charge in [0.05, 0.1) is 0 Å². The normalized spacial score (nSPS) is 24.5. The summed E-state index contributed by atoms with van der Waals surface area (Å²) >= 11 is 2.14. The lowest BCUT2D eigenvalue weighted by Crippen LogP contribution is -2.46. The molecule has 1 saturated heterocycles. The molecule has 76 valence electrons. The van der Waals surface area contributed by atoms with Crippen LogP contribution in [0.1, 0.15) is 26.2 Å². The van der Waals surface area contributed by atoms with Crippen molar-refractivity contribution in [3.63, 3.8) is 0 Å². The minimum atomic E-state index is 0.0240. The number of amidine groups is 1. The van der Waals surface area contributed by atoms with Gasteiger partial charge in [-0.3, -0.25) is 10.0 Å². The molecule has 1 aliphatic heterocycles. The van der Waals surface area contributed by atoms with Crippen LogP contribution in [0, 0.1) is 0 Å². The summed E-state index contributed by atoms with van der Waals surface area (Å²) in [6.07, 6.45) is 3.36. The molecular weight excluding hydrogens is 281 g/mol. The Morgan fingerprint density at radius 1 is 1.69 bits per heavy atom. The molecule has 1 rings (SSSR count). The lowest BCUT2D eigenvalue weighted by atomic mass is 10.2. The van der Waals surface area contributed by atoms with E-state index in [1.807, 2.05) is 6.92 Å². The van der Waals surface area contributed by atoms with E-state index in [0.717, 1.165) is 29.8 Å². The van der Waals surface area contributed by atoms with E-state index < -0.39 is 0 Å². The van der Waals surface area contributed by atoms with E-state index in [1.54, 1.807) is 5.01 Å². The van der Waals surface area contributed by atoms with Crippen molar-refractivity contribution < 1.29 is 4.74 Å². The standard InChI is InChI=1S/C8H16IN3O/c1-2-11-8(9)12(10)7-5-3-4-6-13-7/h7H,2-6,10H2,1H3/b11-8+. The monoisotopic (exact) mass is 297 g/mol. The third-order valence-corrected chi connectivity index (χ3v) is 2.87. The first-order chi connectivity index (χ1) is 6.25. The smallest absolute Gasteiger partial charge is 0.179 e. The summed E-state index contributed by atoms with van der Waals surface area (Å²) < 4.78 is 6.35. The number of ether oxygens (including phenoxy) is 1. The Bertz CT molecular complexity index is 180. The molecule has 0 radical (unpaired) electrons. The molecule has 1 aliphatic rings. The first-order valence-corrected chi connectivity index (χ1v) is 5.69. The highest BCUT2D eigenvalue weighted by molar-refractivity contribution is 14.1. The largest absolute Gasteiger partial charge is 0.357 e. The van der Waals surface area contributed by atoms with Gasteiger partial charge >= 0.3 is 0 Å². The van der Waals surface area contributed by atoms with Crippen LogP contribution in [0.3, 0.4) is 0 Å². The molecule has 0 amide bonds. The van der Waals surface area contributed by atoms with E-state index >= 15 is 0 Å². The van der Waals surface area contributed by atoms with E-state index in [2.05, 4.69) is 27.6 Å². The van der Waals surface area contributed by atoms with Gasteiger partial charge in [0.1, 0.15) is 6.23 Å². The maximum absolute atomic E-state index is 5.85. The SMILES string of the molecule is CC/N=C(\I)N(N)C1CCCCO1. The van der Waals surface area contributed by atoms with E-state index in [0.29, 0.717) is 0 Å². The van der Waals surface area contributed by atoms with Gasteiger partial charge in [-0.25, -0.2) is 5.84 Å². The summed E-state index contributed by atoms with van der Waals surface area (Å²) in [4.78, 5) is 4.22. The number of hydrogen-bond donors (Lipinski definition) is 1. The number of hydrazine groups is 1. The molecule has 1 unspecified atom stereocenters. The quantitative estimate of drug-likeness (QED) is 0.210. The zero-order valence-electron chi connectivity index (χ0n) is 7.87. The van der Waals surface area contributed by atoms with E-state index in [4.69, 9.17) is 10.6 Å². The second-order valence-electron chi connectivity index (χ2n) is 2.97. The second kappa shape index (κ2) is 5.77. The van der Waals surface area contributed by atoms with E-state index in [-0.39, 0.29) is 6.23 Å². The van der Waals surface area contributed by atoms with Gasteiger partial charge in [0.25, 0.3) is 0 Å². The van der Waals surface area contributed by atoms with Crippen LogP contribution in [0.2, 0.25) is 0 Å². The average Bonchev–Trinajstić information content (AvgIpc) is 2.18. The highest BCUT2D eigenvalue weighted by atomic mass is 127. The van der Waals surface area contributed by atoms with Crippen molar-refractivity contribution in [2.24, 2.45) is 10.8 Å². The van der Waals surface area contributed by atoms with Crippen molar-refractivity contribution in [2.75, 3.05) is 13.2 Å². The third kappa shape index (κ3) is 3.40. The first-order valence-electron chi connectivity index (χ1n) is 4.61. The van der Waals surface area contributed by atoms with Crippen molar-refractivity contribution in [3.05, 3.63) is 0 Å². The van der Waals surface area contributed by atoms with Crippen molar-refractivity contribution >= 4 is 26.4 Å². The van der Waals surface area contributed by atoms with Crippen molar-refractivity contribution in [1.82, 2.24) is 5.01 Å². The Morgan fingerprint density at radius 2 is 2.46 bits per heavy atom. The molecule has 0 bridgehead atoms. The molecular formula is C8H16IN3O. The molecule has 0 aliphatic carbocycles. The topological polar surface area (TPSA) is 50.8 Å². The minimum absolute atomic E-state index is 0.0240. The van der Waals surface area contributed by atoms with Gasteiger partial charge in [-0.05, 0) is 26.2 Å². The Balaban J connectivity index is 2.44. The number of rotatable bonds is 2. The fourth-order valence-corrected chi connectivity index (χ4v) is 1.93. The summed E-state index contributed by atoms with van der Waals surface area (Å²) in [5, 5.41) is 1.63. The molecule has 0 aromatic heterocycles. The molecule has 2 N–H and O–H groups in total. The summed E-state index contributed by atoms with van der Waals surface area (Å²) in [5.74, 6) is 5.85. The van der Waals surface area contributed by atoms with Crippen LogP contribution in [-0.2, 0) is 4.74 Å². The van der Waals surface area contributed by atoms with Gasteiger partial charge in [0.15, 0.2) is 3.84 Å². The van der Waals surface area contributed by atoms with E-state index in [1.165, 1.54) is 6.42 Å². The Kier molecular flexibility index (Phi) is 4.97. The van der Waals surface area contributed by atoms with E-state index in [9.17, 15) is 0 Å². The molecule has 1 heterocycles. The fraction of sp³-hybridized carbons (Fsp3) is 0.875. The Hall–Kier alpha value is 0.120. The number of nitrogens with two attached hydrogens (primary N) is 1. The Labute approximate surface area is 92.6 Å². The van der Waals surface area contributed by atoms with Gasteiger partial charge in [0, 0.05) is 35.7 Å². The van der Waals surface area contributed by atoms with Crippen molar-refractivity contribution in [1.29, 1.82) is 0 Å². The molecule has 0 saturated carbocycles. The molecule has 13 heavy (non-hydrogen) atoms. The summed E-state index contributed by atoms with van der Waals surface area (Å²) in [6.45, 7) is 3.57. The summed E-state index contributed by atoms with van der Waals surface area (Å²) in [7, 11) is 0. The summed E-state index contributed by atoms with van der Waals surface area (Å²) in [5.41, 5.74) is 0. The lowest BCUT2D eigenvalue weighted by molar-refractivity contribution is -0.0550. The van der Waals surface area contributed by atoms with Crippen LogP contribution in [-0.4, -0.2) is 28.2 Å². The molecule has 1 atom stereocenters. The highest BCUT2D eigenvalue weighted by Crippen LogP contribution is 2.15. The van der Waals surface area contributed by atoms with Crippen LogP contribution in [0.4, 0.5) is 0 Å².